The molecule has 146 valence electrons. The Hall–Kier alpha value is -2.25. The number of aromatic nitrogens is 2. The summed E-state index contributed by atoms with van der Waals surface area (Å²) >= 11 is 0. The third-order valence-electron chi connectivity index (χ3n) is 6.34. The number of hydrogen-bond acceptors (Lipinski definition) is 5. The van der Waals surface area contributed by atoms with E-state index >= 15 is 0 Å². The summed E-state index contributed by atoms with van der Waals surface area (Å²) in [5.41, 5.74) is 2.96. The summed E-state index contributed by atoms with van der Waals surface area (Å²) in [7, 11) is -3.67. The molecule has 1 aromatic carbocycles. The van der Waals surface area contributed by atoms with Gasteiger partial charge in [0.1, 0.15) is 5.76 Å². The molecule has 0 radical (unpaired) electrons. The molecule has 2 aliphatic carbocycles. The Bertz CT molecular complexity index is 1150. The molecule has 3 atom stereocenters. The van der Waals surface area contributed by atoms with Gasteiger partial charge in [0.2, 0.25) is 10.0 Å². The van der Waals surface area contributed by atoms with Crippen LogP contribution in [-0.4, -0.2) is 24.6 Å². The molecule has 2 heterocycles. The highest BCUT2D eigenvalue weighted by Gasteiger charge is 2.41. The van der Waals surface area contributed by atoms with Crippen LogP contribution in [0.25, 0.3) is 22.0 Å². The molecule has 2 fully saturated rings. The van der Waals surface area contributed by atoms with Crippen molar-refractivity contribution in [2.45, 2.75) is 50.5 Å². The molecule has 0 spiro atoms. The van der Waals surface area contributed by atoms with E-state index in [2.05, 4.69) is 14.9 Å². The quantitative estimate of drug-likeness (QED) is 0.720. The molecule has 2 aromatic heterocycles. The van der Waals surface area contributed by atoms with Crippen LogP contribution in [0.15, 0.2) is 39.9 Å². The highest BCUT2D eigenvalue weighted by molar-refractivity contribution is 7.89. The average Bonchev–Trinajstić information content (AvgIpc) is 3.36. The van der Waals surface area contributed by atoms with Crippen molar-refractivity contribution in [1.82, 2.24) is 14.9 Å². The molecular weight excluding hydrogens is 374 g/mol. The van der Waals surface area contributed by atoms with Crippen LogP contribution >= 0.6 is 0 Å². The lowest BCUT2D eigenvalue weighted by Crippen LogP contribution is -2.38. The van der Waals surface area contributed by atoms with E-state index in [1.54, 1.807) is 18.3 Å². The third-order valence-corrected chi connectivity index (χ3v) is 7.87. The molecule has 2 saturated carbocycles. The van der Waals surface area contributed by atoms with Crippen LogP contribution in [0.4, 0.5) is 0 Å². The van der Waals surface area contributed by atoms with Crippen molar-refractivity contribution >= 4 is 20.9 Å². The van der Waals surface area contributed by atoms with Gasteiger partial charge in [-0.3, -0.25) is 4.98 Å². The van der Waals surface area contributed by atoms with Gasteiger partial charge in [0, 0.05) is 23.2 Å². The van der Waals surface area contributed by atoms with Gasteiger partial charge in [0.15, 0.2) is 0 Å². The molecule has 3 aromatic rings. The number of pyridine rings is 1. The van der Waals surface area contributed by atoms with Crippen LogP contribution in [0, 0.1) is 25.7 Å². The van der Waals surface area contributed by atoms with Crippen molar-refractivity contribution in [3.05, 3.63) is 41.9 Å². The lowest BCUT2D eigenvalue weighted by molar-refractivity contribution is 0.390. The van der Waals surface area contributed by atoms with Crippen LogP contribution in [0.2, 0.25) is 0 Å². The Balaban J connectivity index is 1.63. The van der Waals surface area contributed by atoms with E-state index in [1.807, 2.05) is 26.0 Å². The van der Waals surface area contributed by atoms with Crippen molar-refractivity contribution in [1.29, 1.82) is 0 Å². The topological polar surface area (TPSA) is 85.1 Å². The lowest BCUT2D eigenvalue weighted by atomic mass is 9.96. The molecule has 5 rings (SSSR count). The van der Waals surface area contributed by atoms with Crippen molar-refractivity contribution in [3.63, 3.8) is 0 Å². The van der Waals surface area contributed by atoms with Gasteiger partial charge in [-0.25, -0.2) is 13.1 Å². The fourth-order valence-electron chi connectivity index (χ4n) is 5.06. The molecule has 0 aliphatic heterocycles. The molecule has 28 heavy (non-hydrogen) atoms. The molecule has 1 N–H and O–H groups in total. The number of nitrogens with zero attached hydrogens (tertiary/aromatic N) is 2. The van der Waals surface area contributed by atoms with Gasteiger partial charge in [0.25, 0.3) is 0 Å². The smallest absolute Gasteiger partial charge is 0.241 e. The first-order valence-corrected chi connectivity index (χ1v) is 11.2. The minimum atomic E-state index is -3.67. The number of rotatable bonds is 4. The van der Waals surface area contributed by atoms with Gasteiger partial charge >= 0.3 is 0 Å². The van der Waals surface area contributed by atoms with Gasteiger partial charge < -0.3 is 4.52 Å². The van der Waals surface area contributed by atoms with Gasteiger partial charge in [-0.05, 0) is 74.8 Å². The van der Waals surface area contributed by atoms with Gasteiger partial charge in [-0.1, -0.05) is 11.6 Å². The molecule has 6 nitrogen and oxygen atoms in total. The molecule has 2 bridgehead atoms. The highest BCUT2D eigenvalue weighted by atomic mass is 32.2. The Morgan fingerprint density at radius 2 is 2.04 bits per heavy atom. The third kappa shape index (κ3) is 2.84. The molecule has 2 aliphatic rings. The number of fused-ring (bicyclic) bond motifs is 3. The summed E-state index contributed by atoms with van der Waals surface area (Å²) in [4.78, 5) is 4.69. The summed E-state index contributed by atoms with van der Waals surface area (Å²) < 4.78 is 35.1. The van der Waals surface area contributed by atoms with E-state index in [0.717, 1.165) is 36.1 Å². The maximum atomic E-state index is 13.4. The first kappa shape index (κ1) is 17.8. The van der Waals surface area contributed by atoms with Crippen LogP contribution in [0.3, 0.4) is 0 Å². The predicted octanol–water partition coefficient (Wildman–Crippen LogP) is 3.97. The number of aryl methyl sites for hydroxylation is 2. The largest absolute Gasteiger partial charge is 0.361 e. The normalized spacial score (nSPS) is 24.3. The maximum absolute atomic E-state index is 13.4. The second-order valence-corrected chi connectivity index (χ2v) is 9.83. The van der Waals surface area contributed by atoms with Crippen LogP contribution in [0.5, 0.6) is 0 Å². The number of sulfonamides is 1. The monoisotopic (exact) mass is 397 g/mol. The number of benzene rings is 1. The number of nitrogens with one attached hydrogen (secondary N) is 1. The zero-order valence-corrected chi connectivity index (χ0v) is 16.8. The SMILES string of the molecule is Cc1noc(C)c1-c1cc(S(=O)(=O)NC2CC3CCC2C3)c2cccnc2c1. The standard InChI is InChI=1S/C21H23N3O3S/c1-12-21(13(2)27-23-12)16-10-19-17(4-3-7-22-19)20(11-16)28(25,26)24-18-9-14-5-6-15(18)8-14/h3-4,7,10-11,14-15,18,24H,5-6,8-9H2,1-2H3. The van der Waals surface area contributed by atoms with E-state index in [9.17, 15) is 8.42 Å². The number of hydrogen-bond donors (Lipinski definition) is 1. The van der Waals surface area contributed by atoms with Gasteiger partial charge in [-0.2, -0.15) is 0 Å². The average molecular weight is 398 g/mol. The molecule has 0 amide bonds. The Morgan fingerprint density at radius 1 is 1.18 bits per heavy atom. The first-order valence-electron chi connectivity index (χ1n) is 9.77. The molecule has 7 heteroatoms. The zero-order chi connectivity index (χ0) is 19.5. The van der Waals surface area contributed by atoms with Crippen molar-refractivity contribution in [2.24, 2.45) is 11.8 Å². The Morgan fingerprint density at radius 3 is 2.71 bits per heavy atom. The summed E-state index contributed by atoms with van der Waals surface area (Å²) in [5.74, 6) is 1.80. The minimum absolute atomic E-state index is 0.0400. The van der Waals surface area contributed by atoms with Gasteiger partial charge in [-0.15, -0.1) is 0 Å². The van der Waals surface area contributed by atoms with E-state index in [4.69, 9.17) is 4.52 Å². The first-order chi connectivity index (χ1) is 13.4. The fraction of sp³-hybridized carbons (Fsp3) is 0.429. The van der Waals surface area contributed by atoms with E-state index < -0.39 is 10.0 Å². The summed E-state index contributed by atoms with van der Waals surface area (Å²) in [6.07, 6.45) is 6.13. The Labute approximate surface area is 164 Å². The summed E-state index contributed by atoms with van der Waals surface area (Å²) in [6.45, 7) is 3.69. The lowest BCUT2D eigenvalue weighted by Gasteiger charge is -2.23. The van der Waals surface area contributed by atoms with Crippen LogP contribution in [-0.2, 0) is 10.0 Å². The van der Waals surface area contributed by atoms with E-state index in [1.165, 1.54) is 6.42 Å². The van der Waals surface area contributed by atoms with Crippen molar-refractivity contribution < 1.29 is 12.9 Å². The summed E-state index contributed by atoms with van der Waals surface area (Å²) in [5, 5.41) is 4.65. The molecule has 0 saturated heterocycles. The van der Waals surface area contributed by atoms with Crippen LogP contribution < -0.4 is 4.72 Å². The molecular formula is C21H23N3O3S. The predicted molar refractivity (Wildman–Crippen MR) is 106 cm³/mol. The fourth-order valence-corrected chi connectivity index (χ4v) is 6.62. The summed E-state index contributed by atoms with van der Waals surface area (Å²) in [6, 6.07) is 7.26. The van der Waals surface area contributed by atoms with Crippen molar-refractivity contribution in [3.8, 4) is 11.1 Å². The molecule has 3 unspecified atom stereocenters. The Kier molecular flexibility index (Phi) is 4.07. The van der Waals surface area contributed by atoms with Crippen molar-refractivity contribution in [2.75, 3.05) is 0 Å². The zero-order valence-electron chi connectivity index (χ0n) is 16.0. The maximum Gasteiger partial charge on any atom is 0.241 e. The second-order valence-electron chi connectivity index (χ2n) is 8.15. The minimum Gasteiger partial charge on any atom is -0.361 e. The second kappa shape index (κ2) is 6.39. The van der Waals surface area contributed by atoms with E-state index in [0.29, 0.717) is 28.5 Å². The highest BCUT2D eigenvalue weighted by Crippen LogP contribution is 2.45. The van der Waals surface area contributed by atoms with Crippen LogP contribution in [0.1, 0.15) is 37.1 Å². The van der Waals surface area contributed by atoms with Gasteiger partial charge in [0.05, 0.1) is 16.1 Å². The van der Waals surface area contributed by atoms with E-state index in [-0.39, 0.29) is 10.9 Å².